The summed E-state index contributed by atoms with van der Waals surface area (Å²) in [6.45, 7) is 1.14. The maximum atomic E-state index is 12.9. The van der Waals surface area contributed by atoms with Crippen molar-refractivity contribution in [2.75, 3.05) is 18.0 Å². The Labute approximate surface area is 112 Å². The van der Waals surface area contributed by atoms with Gasteiger partial charge in [0.1, 0.15) is 12.1 Å². The van der Waals surface area contributed by atoms with Gasteiger partial charge in [-0.1, -0.05) is 0 Å². The van der Waals surface area contributed by atoms with Gasteiger partial charge in [-0.3, -0.25) is 0 Å². The minimum Gasteiger partial charge on any atom is -0.355 e. The number of piperidine rings is 1. The van der Waals surface area contributed by atoms with Crippen molar-refractivity contribution >= 4 is 11.6 Å². The van der Waals surface area contributed by atoms with Gasteiger partial charge in [0.15, 0.2) is 5.69 Å². The zero-order chi connectivity index (χ0) is 14.3. The van der Waals surface area contributed by atoms with Crippen LogP contribution in [-0.4, -0.2) is 38.7 Å². The predicted octanol–water partition coefficient (Wildman–Crippen LogP) is 1.07. The van der Waals surface area contributed by atoms with Gasteiger partial charge in [-0.2, -0.15) is 27.8 Å². The fourth-order valence-corrected chi connectivity index (χ4v) is 2.39. The lowest BCUT2D eigenvalue weighted by atomic mass is 10.1. The number of halogens is 3. The van der Waals surface area contributed by atoms with Crippen molar-refractivity contribution < 1.29 is 13.2 Å². The number of rotatable bonds is 1. The molecule has 0 spiro atoms. The van der Waals surface area contributed by atoms with Crippen molar-refractivity contribution in [3.05, 3.63) is 18.1 Å². The van der Waals surface area contributed by atoms with Gasteiger partial charge in [0.25, 0.3) is 5.78 Å². The summed E-state index contributed by atoms with van der Waals surface area (Å²) in [6.07, 6.45) is -1.62. The molecule has 3 rings (SSSR count). The summed E-state index contributed by atoms with van der Waals surface area (Å²) in [6, 6.07) is 0.949. The molecule has 1 saturated heterocycles. The second-order valence-corrected chi connectivity index (χ2v) is 4.82. The van der Waals surface area contributed by atoms with Crippen molar-refractivity contribution in [1.82, 2.24) is 19.6 Å². The first-order chi connectivity index (χ1) is 9.45. The molecular formula is C11H13F3N6. The SMILES string of the molecule is N[C@@H]1CCCN(c2cc(C(F)(F)F)nc3ncnn23)C1. The Bertz CT molecular complexity index is 622. The Kier molecular flexibility index (Phi) is 3.00. The largest absolute Gasteiger partial charge is 0.433 e. The van der Waals surface area contributed by atoms with Gasteiger partial charge >= 0.3 is 6.18 Å². The zero-order valence-corrected chi connectivity index (χ0v) is 10.5. The standard InChI is InChI=1S/C11H13F3N6/c12-11(13,14)8-4-9(19-3-1-2-7(15)5-19)20-10(18-8)16-6-17-20/h4,6-7H,1-3,5,15H2/t7-/m1/s1. The monoisotopic (exact) mass is 286 g/mol. The van der Waals surface area contributed by atoms with E-state index >= 15 is 0 Å². The number of aromatic nitrogens is 4. The predicted molar refractivity (Wildman–Crippen MR) is 65.2 cm³/mol. The number of hydrogen-bond donors (Lipinski definition) is 1. The molecule has 3 heterocycles. The Morgan fingerprint density at radius 2 is 2.15 bits per heavy atom. The Hall–Kier alpha value is -1.90. The van der Waals surface area contributed by atoms with E-state index in [0.717, 1.165) is 18.9 Å². The summed E-state index contributed by atoms with van der Waals surface area (Å²) < 4.78 is 40.0. The number of alkyl halides is 3. The van der Waals surface area contributed by atoms with E-state index in [1.54, 1.807) is 4.90 Å². The summed E-state index contributed by atoms with van der Waals surface area (Å²) in [4.78, 5) is 9.04. The second kappa shape index (κ2) is 4.58. The van der Waals surface area contributed by atoms with Gasteiger partial charge in [0.05, 0.1) is 0 Å². The van der Waals surface area contributed by atoms with Crippen LogP contribution < -0.4 is 10.6 Å². The van der Waals surface area contributed by atoms with E-state index in [-0.39, 0.29) is 11.8 Å². The van der Waals surface area contributed by atoms with Crippen LogP contribution in [0.2, 0.25) is 0 Å². The third kappa shape index (κ3) is 2.28. The van der Waals surface area contributed by atoms with Gasteiger partial charge in [-0.15, -0.1) is 0 Å². The molecule has 2 aromatic rings. The van der Waals surface area contributed by atoms with Crippen LogP contribution in [0.15, 0.2) is 12.4 Å². The van der Waals surface area contributed by atoms with Crippen LogP contribution in [0.3, 0.4) is 0 Å². The molecule has 0 aliphatic carbocycles. The molecule has 0 aromatic carbocycles. The highest BCUT2D eigenvalue weighted by molar-refractivity contribution is 5.48. The molecule has 0 amide bonds. The first kappa shape index (κ1) is 13.1. The van der Waals surface area contributed by atoms with E-state index < -0.39 is 11.9 Å². The van der Waals surface area contributed by atoms with Gasteiger partial charge in [0.2, 0.25) is 0 Å². The second-order valence-electron chi connectivity index (χ2n) is 4.82. The number of hydrogen-bond acceptors (Lipinski definition) is 5. The lowest BCUT2D eigenvalue weighted by Gasteiger charge is -2.32. The van der Waals surface area contributed by atoms with Crippen LogP contribution in [0.5, 0.6) is 0 Å². The van der Waals surface area contributed by atoms with E-state index in [4.69, 9.17) is 5.73 Å². The number of fused-ring (bicyclic) bond motifs is 1. The molecule has 1 atom stereocenters. The van der Waals surface area contributed by atoms with Crippen molar-refractivity contribution in [2.24, 2.45) is 5.73 Å². The van der Waals surface area contributed by atoms with E-state index in [2.05, 4.69) is 15.1 Å². The number of nitrogens with two attached hydrogens (primary N) is 1. The summed E-state index contributed by atoms with van der Waals surface area (Å²) >= 11 is 0. The molecule has 6 nitrogen and oxygen atoms in total. The fourth-order valence-electron chi connectivity index (χ4n) is 2.39. The normalized spacial score (nSPS) is 20.6. The van der Waals surface area contributed by atoms with Crippen molar-refractivity contribution in [3.8, 4) is 0 Å². The molecule has 2 N–H and O–H groups in total. The third-order valence-corrected chi connectivity index (χ3v) is 3.31. The first-order valence-electron chi connectivity index (χ1n) is 6.23. The molecular weight excluding hydrogens is 273 g/mol. The fraction of sp³-hybridized carbons (Fsp3) is 0.545. The maximum Gasteiger partial charge on any atom is 0.433 e. The Morgan fingerprint density at radius 1 is 1.35 bits per heavy atom. The molecule has 9 heteroatoms. The smallest absolute Gasteiger partial charge is 0.355 e. The zero-order valence-electron chi connectivity index (χ0n) is 10.5. The van der Waals surface area contributed by atoms with Gasteiger partial charge in [-0.25, -0.2) is 4.98 Å². The van der Waals surface area contributed by atoms with Gasteiger partial charge in [0, 0.05) is 25.2 Å². The third-order valence-electron chi connectivity index (χ3n) is 3.31. The Morgan fingerprint density at radius 3 is 2.85 bits per heavy atom. The average molecular weight is 286 g/mol. The molecule has 1 aliphatic rings. The minimum absolute atomic E-state index is 0.0511. The summed E-state index contributed by atoms with van der Waals surface area (Å²) in [7, 11) is 0. The lowest BCUT2D eigenvalue weighted by Crippen LogP contribution is -2.43. The molecule has 0 bridgehead atoms. The number of nitrogens with zero attached hydrogens (tertiary/aromatic N) is 5. The van der Waals surface area contributed by atoms with E-state index in [9.17, 15) is 13.2 Å². The highest BCUT2D eigenvalue weighted by atomic mass is 19.4. The molecule has 1 aliphatic heterocycles. The van der Waals surface area contributed by atoms with Crippen LogP contribution in [0.4, 0.5) is 19.0 Å². The van der Waals surface area contributed by atoms with Crippen LogP contribution in [0.1, 0.15) is 18.5 Å². The molecule has 108 valence electrons. The van der Waals surface area contributed by atoms with E-state index in [1.807, 2.05) is 0 Å². The van der Waals surface area contributed by atoms with Crippen molar-refractivity contribution in [2.45, 2.75) is 25.1 Å². The highest BCUT2D eigenvalue weighted by Gasteiger charge is 2.35. The van der Waals surface area contributed by atoms with Crippen LogP contribution in [0.25, 0.3) is 5.78 Å². The van der Waals surface area contributed by atoms with Crippen LogP contribution in [-0.2, 0) is 6.18 Å². The van der Waals surface area contributed by atoms with E-state index in [1.165, 1.54) is 10.8 Å². The minimum atomic E-state index is -4.51. The topological polar surface area (TPSA) is 72.3 Å². The summed E-state index contributed by atoms with van der Waals surface area (Å²) in [5.74, 6) is 0.268. The molecule has 0 radical (unpaired) electrons. The van der Waals surface area contributed by atoms with Crippen molar-refractivity contribution in [3.63, 3.8) is 0 Å². The summed E-state index contributed by atoms with van der Waals surface area (Å²) in [5, 5.41) is 3.94. The van der Waals surface area contributed by atoms with Crippen molar-refractivity contribution in [1.29, 1.82) is 0 Å². The first-order valence-corrected chi connectivity index (χ1v) is 6.23. The molecule has 2 aromatic heterocycles. The number of anilines is 1. The highest BCUT2D eigenvalue weighted by Crippen LogP contribution is 2.31. The summed E-state index contributed by atoms with van der Waals surface area (Å²) in [5.41, 5.74) is 4.92. The molecule has 20 heavy (non-hydrogen) atoms. The molecule has 1 fully saturated rings. The van der Waals surface area contributed by atoms with Gasteiger partial charge < -0.3 is 10.6 Å². The average Bonchev–Trinajstić information content (AvgIpc) is 2.84. The maximum absolute atomic E-state index is 12.9. The quantitative estimate of drug-likeness (QED) is 0.849. The molecule has 0 saturated carbocycles. The molecule has 0 unspecified atom stereocenters. The van der Waals surface area contributed by atoms with E-state index in [0.29, 0.717) is 18.9 Å². The van der Waals surface area contributed by atoms with Crippen LogP contribution >= 0.6 is 0 Å². The Balaban J connectivity index is 2.10. The van der Waals surface area contributed by atoms with Crippen LogP contribution in [0, 0.1) is 0 Å². The lowest BCUT2D eigenvalue weighted by molar-refractivity contribution is -0.141. The van der Waals surface area contributed by atoms with Gasteiger partial charge in [-0.05, 0) is 12.8 Å².